The van der Waals surface area contributed by atoms with Crippen LogP contribution < -0.4 is 11.3 Å². The van der Waals surface area contributed by atoms with Crippen molar-refractivity contribution in [2.75, 3.05) is 19.3 Å². The highest BCUT2D eigenvalue weighted by atomic mass is 32.2. The fourth-order valence-electron chi connectivity index (χ4n) is 2.64. The minimum Gasteiger partial charge on any atom is -0.385 e. The van der Waals surface area contributed by atoms with Crippen LogP contribution in [0.15, 0.2) is 33.7 Å². The van der Waals surface area contributed by atoms with E-state index in [1.807, 2.05) is 6.92 Å². The molecule has 1 aliphatic rings. The molecular weight excluding hydrogens is 332 g/mol. The molecule has 0 amide bonds. The molecule has 0 saturated carbocycles. The normalized spacial score (nSPS) is 15.6. The minimum absolute atomic E-state index is 0.0499. The van der Waals surface area contributed by atoms with E-state index in [2.05, 4.69) is 9.97 Å². The number of fused-ring (bicyclic) bond motifs is 1. The van der Waals surface area contributed by atoms with Gasteiger partial charge in [0.2, 0.25) is 0 Å². The molecule has 0 bridgehead atoms. The third-order valence-electron chi connectivity index (χ3n) is 3.93. The van der Waals surface area contributed by atoms with E-state index in [-0.39, 0.29) is 45.3 Å². The Morgan fingerprint density at radius 3 is 2.62 bits per heavy atom. The van der Waals surface area contributed by atoms with Gasteiger partial charge in [0.05, 0.1) is 22.3 Å². The van der Waals surface area contributed by atoms with Crippen molar-refractivity contribution in [3.05, 3.63) is 40.2 Å². The Balaban J connectivity index is 2.26. The maximum Gasteiger partial charge on any atom is 0.259 e. The zero-order chi connectivity index (χ0) is 17.6. The lowest BCUT2D eigenvalue weighted by Gasteiger charge is -2.14. The molecular formula is C15H16N4O4S. The molecule has 0 aliphatic carbocycles. The van der Waals surface area contributed by atoms with E-state index in [1.54, 1.807) is 4.90 Å². The number of nitrogens with zero attached hydrogens (tertiary/aromatic N) is 2. The van der Waals surface area contributed by atoms with Crippen molar-refractivity contribution in [3.8, 4) is 0 Å². The lowest BCUT2D eigenvalue weighted by Crippen LogP contribution is -2.25. The highest BCUT2D eigenvalue weighted by molar-refractivity contribution is 7.90. The summed E-state index contributed by atoms with van der Waals surface area (Å²) >= 11 is 0. The molecule has 3 rings (SSSR count). The Hall–Kier alpha value is -2.68. The van der Waals surface area contributed by atoms with Gasteiger partial charge in [-0.15, -0.1) is 0 Å². The molecule has 0 spiro atoms. The fraction of sp³-hybridized carbons (Fsp3) is 0.267. The largest absolute Gasteiger partial charge is 0.385 e. The first-order chi connectivity index (χ1) is 11.2. The molecule has 0 radical (unpaired) electrons. The summed E-state index contributed by atoms with van der Waals surface area (Å²) in [5.74, 6) is 0.0667. The summed E-state index contributed by atoms with van der Waals surface area (Å²) in [5, 5.41) is 0.239. The molecule has 126 valence electrons. The standard InChI is InChI=1S/C15H16N4O4S/c1-3-19-7-11(20)12(13(19)16)14-17-10-6-8(24(2,22)23)4-5-9(10)15(21)18-14/h4-6H,3,7,16H2,1-2H3,(H,17,18,21). The van der Waals surface area contributed by atoms with Crippen molar-refractivity contribution in [2.45, 2.75) is 11.8 Å². The summed E-state index contributed by atoms with van der Waals surface area (Å²) < 4.78 is 23.4. The lowest BCUT2D eigenvalue weighted by molar-refractivity contribution is -0.113. The van der Waals surface area contributed by atoms with E-state index in [4.69, 9.17) is 5.73 Å². The van der Waals surface area contributed by atoms with Gasteiger partial charge >= 0.3 is 0 Å². The topological polar surface area (TPSA) is 126 Å². The van der Waals surface area contributed by atoms with Crippen LogP contribution >= 0.6 is 0 Å². The number of hydrogen-bond donors (Lipinski definition) is 2. The van der Waals surface area contributed by atoms with Gasteiger partial charge in [-0.05, 0) is 25.1 Å². The number of nitrogens with one attached hydrogen (secondary N) is 1. The van der Waals surface area contributed by atoms with Crippen LogP contribution in [-0.2, 0) is 14.6 Å². The van der Waals surface area contributed by atoms with Crippen molar-refractivity contribution >= 4 is 32.1 Å². The predicted molar refractivity (Wildman–Crippen MR) is 88.8 cm³/mol. The second-order valence-electron chi connectivity index (χ2n) is 5.56. The van der Waals surface area contributed by atoms with E-state index < -0.39 is 15.4 Å². The number of Topliss-reactive ketones (excluding diaryl/α,β-unsaturated/α-hetero) is 1. The molecule has 2 aromatic rings. The second kappa shape index (κ2) is 5.45. The number of nitrogens with two attached hydrogens (primary N) is 1. The number of aromatic amines is 1. The van der Waals surface area contributed by atoms with Gasteiger partial charge < -0.3 is 15.6 Å². The predicted octanol–water partition coefficient (Wildman–Crippen LogP) is -0.141. The van der Waals surface area contributed by atoms with E-state index in [0.717, 1.165) is 6.26 Å². The van der Waals surface area contributed by atoms with Crippen molar-refractivity contribution in [1.82, 2.24) is 14.9 Å². The van der Waals surface area contributed by atoms with Crippen molar-refractivity contribution in [2.24, 2.45) is 5.73 Å². The van der Waals surface area contributed by atoms with Gasteiger partial charge in [0, 0.05) is 12.8 Å². The number of sulfone groups is 1. The quantitative estimate of drug-likeness (QED) is 0.790. The molecule has 9 heteroatoms. The summed E-state index contributed by atoms with van der Waals surface area (Å²) in [6.07, 6.45) is 1.07. The molecule has 24 heavy (non-hydrogen) atoms. The Bertz CT molecular complexity index is 1050. The number of aromatic nitrogens is 2. The van der Waals surface area contributed by atoms with Crippen LogP contribution in [0, 0.1) is 0 Å². The van der Waals surface area contributed by atoms with Crippen LogP contribution in [0.2, 0.25) is 0 Å². The van der Waals surface area contributed by atoms with Crippen LogP contribution in [0.25, 0.3) is 16.5 Å². The average molecular weight is 348 g/mol. The van der Waals surface area contributed by atoms with Gasteiger partial charge in [-0.1, -0.05) is 0 Å². The molecule has 0 saturated heterocycles. The zero-order valence-electron chi connectivity index (χ0n) is 13.2. The van der Waals surface area contributed by atoms with Gasteiger partial charge in [0.25, 0.3) is 5.56 Å². The minimum atomic E-state index is -3.44. The lowest BCUT2D eigenvalue weighted by atomic mass is 10.1. The molecule has 1 aromatic carbocycles. The third kappa shape index (κ3) is 2.56. The Morgan fingerprint density at radius 2 is 2.04 bits per heavy atom. The Labute approximate surface area is 137 Å². The summed E-state index contributed by atoms with van der Waals surface area (Å²) in [5.41, 5.74) is 5.86. The molecule has 1 aliphatic heterocycles. The smallest absolute Gasteiger partial charge is 0.259 e. The zero-order valence-corrected chi connectivity index (χ0v) is 14.0. The fourth-order valence-corrected chi connectivity index (χ4v) is 3.28. The molecule has 0 unspecified atom stereocenters. The first-order valence-corrected chi connectivity index (χ1v) is 9.14. The Kier molecular flexibility index (Phi) is 3.67. The average Bonchev–Trinajstić information content (AvgIpc) is 2.79. The van der Waals surface area contributed by atoms with Crippen LogP contribution in [0.4, 0.5) is 0 Å². The van der Waals surface area contributed by atoms with Crippen LogP contribution in [0.5, 0.6) is 0 Å². The van der Waals surface area contributed by atoms with Gasteiger partial charge in [-0.3, -0.25) is 9.59 Å². The summed E-state index contributed by atoms with van der Waals surface area (Å²) in [6, 6.07) is 4.06. The van der Waals surface area contributed by atoms with Crippen molar-refractivity contribution < 1.29 is 13.2 Å². The number of H-pyrrole nitrogens is 1. The highest BCUT2D eigenvalue weighted by Crippen LogP contribution is 2.24. The maximum absolute atomic E-state index is 12.2. The number of benzene rings is 1. The molecule has 1 aromatic heterocycles. The van der Waals surface area contributed by atoms with Crippen LogP contribution in [0.1, 0.15) is 12.7 Å². The number of carbonyl (C=O) groups excluding carboxylic acids is 1. The van der Waals surface area contributed by atoms with Crippen LogP contribution in [0.3, 0.4) is 0 Å². The SMILES string of the molecule is CCN1CC(=O)C(c2nc3cc(S(C)(=O)=O)ccc3c(=O)[nH]2)=C1N. The van der Waals surface area contributed by atoms with Gasteiger partial charge in [-0.25, -0.2) is 13.4 Å². The number of rotatable bonds is 3. The third-order valence-corrected chi connectivity index (χ3v) is 5.05. The van der Waals surface area contributed by atoms with Crippen molar-refractivity contribution in [1.29, 1.82) is 0 Å². The van der Waals surface area contributed by atoms with Gasteiger partial charge in [0.1, 0.15) is 17.2 Å². The first kappa shape index (κ1) is 16.2. The number of likely N-dealkylation sites (N-methyl/N-ethyl adjacent to an activating group) is 1. The number of carbonyl (C=O) groups is 1. The molecule has 0 fully saturated rings. The van der Waals surface area contributed by atoms with E-state index in [1.165, 1.54) is 18.2 Å². The summed E-state index contributed by atoms with van der Waals surface area (Å²) in [6.45, 7) is 2.54. The maximum atomic E-state index is 12.2. The summed E-state index contributed by atoms with van der Waals surface area (Å²) in [7, 11) is -3.44. The van der Waals surface area contributed by atoms with E-state index in [9.17, 15) is 18.0 Å². The monoisotopic (exact) mass is 348 g/mol. The highest BCUT2D eigenvalue weighted by Gasteiger charge is 2.30. The molecule has 8 nitrogen and oxygen atoms in total. The second-order valence-corrected chi connectivity index (χ2v) is 7.58. The Morgan fingerprint density at radius 1 is 1.33 bits per heavy atom. The molecule has 3 N–H and O–H groups in total. The van der Waals surface area contributed by atoms with Gasteiger partial charge in [-0.2, -0.15) is 0 Å². The van der Waals surface area contributed by atoms with Gasteiger partial charge in [0.15, 0.2) is 15.6 Å². The molecule has 2 heterocycles. The number of ketones is 1. The first-order valence-electron chi connectivity index (χ1n) is 7.24. The van der Waals surface area contributed by atoms with Crippen LogP contribution in [-0.4, -0.2) is 48.4 Å². The number of hydrogen-bond acceptors (Lipinski definition) is 7. The van der Waals surface area contributed by atoms with E-state index in [0.29, 0.717) is 6.54 Å². The van der Waals surface area contributed by atoms with Crippen molar-refractivity contribution in [3.63, 3.8) is 0 Å². The van der Waals surface area contributed by atoms with E-state index >= 15 is 0 Å². The summed E-state index contributed by atoms with van der Waals surface area (Å²) in [4.78, 5) is 33.0. The molecule has 0 atom stereocenters.